The van der Waals surface area contributed by atoms with Crippen LogP contribution in [0.2, 0.25) is 0 Å². The fourth-order valence-electron chi connectivity index (χ4n) is 2.56. The van der Waals surface area contributed by atoms with E-state index in [0.717, 1.165) is 6.42 Å². The lowest BCUT2D eigenvalue weighted by Gasteiger charge is -2.31. The lowest BCUT2D eigenvalue weighted by Crippen LogP contribution is -2.59. The largest absolute Gasteiger partial charge is 0.479 e. The van der Waals surface area contributed by atoms with Crippen molar-refractivity contribution in [3.63, 3.8) is 0 Å². The van der Waals surface area contributed by atoms with Gasteiger partial charge in [-0.25, -0.2) is 9.59 Å². The predicted octanol–water partition coefficient (Wildman–Crippen LogP) is 0.0489. The van der Waals surface area contributed by atoms with Crippen LogP contribution in [-0.2, 0) is 14.3 Å². The van der Waals surface area contributed by atoms with E-state index in [4.69, 9.17) is 9.47 Å². The first-order valence-electron chi connectivity index (χ1n) is 6.44. The third-order valence-electron chi connectivity index (χ3n) is 3.93. The summed E-state index contributed by atoms with van der Waals surface area (Å²) in [6, 6.07) is -0.414. The van der Waals surface area contributed by atoms with Crippen LogP contribution in [0.4, 0.5) is 4.79 Å². The van der Waals surface area contributed by atoms with Crippen LogP contribution < -0.4 is 5.32 Å². The number of carboxylic acid groups (broad SMARTS) is 1. The van der Waals surface area contributed by atoms with Gasteiger partial charge < -0.3 is 24.8 Å². The number of urea groups is 1. The summed E-state index contributed by atoms with van der Waals surface area (Å²) < 4.78 is 10.5. The molecule has 2 aliphatic rings. The molecule has 0 aromatic rings. The predicted molar refractivity (Wildman–Crippen MR) is 65.9 cm³/mol. The maximum atomic E-state index is 12.2. The van der Waals surface area contributed by atoms with Crippen molar-refractivity contribution in [1.29, 1.82) is 0 Å². The highest BCUT2D eigenvalue weighted by atomic mass is 16.5. The minimum Gasteiger partial charge on any atom is -0.479 e. The summed E-state index contributed by atoms with van der Waals surface area (Å²) in [6.07, 6.45) is 1.02. The second-order valence-electron chi connectivity index (χ2n) is 5.16. The molecule has 0 bridgehead atoms. The van der Waals surface area contributed by atoms with Gasteiger partial charge in [-0.05, 0) is 13.3 Å². The van der Waals surface area contributed by atoms with Gasteiger partial charge in [0.15, 0.2) is 5.54 Å². The standard InChI is InChI=1S/C12H20N2O5/c1-8-9(3-5-19-8)14(2)11(17)13-12(10(15)16)4-6-18-7-12/h8-9H,3-7H2,1-2H3,(H,13,17)(H,15,16). The summed E-state index contributed by atoms with van der Waals surface area (Å²) in [4.78, 5) is 25.0. The van der Waals surface area contributed by atoms with Crippen molar-refractivity contribution in [2.24, 2.45) is 0 Å². The number of carbonyl (C=O) groups is 2. The molecule has 7 heteroatoms. The molecule has 2 aliphatic heterocycles. The quantitative estimate of drug-likeness (QED) is 0.758. The average molecular weight is 272 g/mol. The number of amides is 2. The van der Waals surface area contributed by atoms with Crippen LogP contribution in [-0.4, -0.2) is 66.6 Å². The molecule has 3 atom stereocenters. The molecule has 0 aromatic carbocycles. The summed E-state index contributed by atoms with van der Waals surface area (Å²) in [5.74, 6) is -1.05. The van der Waals surface area contributed by atoms with E-state index in [1.807, 2.05) is 6.92 Å². The summed E-state index contributed by atoms with van der Waals surface area (Å²) in [6.45, 7) is 2.89. The van der Waals surface area contributed by atoms with Crippen LogP contribution in [0.3, 0.4) is 0 Å². The van der Waals surface area contributed by atoms with E-state index in [-0.39, 0.29) is 18.8 Å². The molecule has 2 amide bonds. The Hall–Kier alpha value is -1.34. The van der Waals surface area contributed by atoms with Gasteiger partial charge in [0.05, 0.1) is 18.8 Å². The first-order valence-corrected chi connectivity index (χ1v) is 6.44. The Kier molecular flexibility index (Phi) is 3.96. The molecular formula is C12H20N2O5. The number of ether oxygens (including phenoxy) is 2. The Balaban J connectivity index is 2.01. The van der Waals surface area contributed by atoms with E-state index in [1.165, 1.54) is 4.90 Å². The molecule has 0 aromatic heterocycles. The normalized spacial score (nSPS) is 34.2. The number of likely N-dealkylation sites (N-methyl/N-ethyl adjacent to an activating group) is 1. The number of nitrogens with one attached hydrogen (secondary N) is 1. The highest BCUT2D eigenvalue weighted by Gasteiger charge is 2.45. The molecule has 0 radical (unpaired) electrons. The Labute approximate surface area is 111 Å². The van der Waals surface area contributed by atoms with E-state index >= 15 is 0 Å². The molecule has 2 saturated heterocycles. The summed E-state index contributed by atoms with van der Waals surface area (Å²) in [7, 11) is 1.66. The van der Waals surface area contributed by atoms with E-state index < -0.39 is 17.5 Å². The average Bonchev–Trinajstić information content (AvgIpc) is 2.98. The lowest BCUT2D eigenvalue weighted by atomic mass is 9.99. The zero-order chi connectivity index (χ0) is 14.0. The smallest absolute Gasteiger partial charge is 0.332 e. The molecule has 3 unspecified atom stereocenters. The van der Waals surface area contributed by atoms with Crippen molar-refractivity contribution in [3.8, 4) is 0 Å². The van der Waals surface area contributed by atoms with Crippen LogP contribution in [0.1, 0.15) is 19.8 Å². The topological polar surface area (TPSA) is 88.1 Å². The van der Waals surface area contributed by atoms with Crippen LogP contribution in [0.15, 0.2) is 0 Å². The Bertz CT molecular complexity index is 367. The molecule has 2 heterocycles. The zero-order valence-electron chi connectivity index (χ0n) is 11.2. The van der Waals surface area contributed by atoms with Crippen LogP contribution in [0.5, 0.6) is 0 Å². The molecule has 108 valence electrons. The highest BCUT2D eigenvalue weighted by molar-refractivity contribution is 5.86. The molecule has 0 spiro atoms. The SMILES string of the molecule is CC1OCCC1N(C)C(=O)NC1(C(=O)O)CCOC1. The molecule has 2 rings (SSSR count). The van der Waals surface area contributed by atoms with Crippen LogP contribution in [0, 0.1) is 0 Å². The third-order valence-corrected chi connectivity index (χ3v) is 3.93. The lowest BCUT2D eigenvalue weighted by molar-refractivity contribution is -0.144. The molecule has 7 nitrogen and oxygen atoms in total. The van der Waals surface area contributed by atoms with Crippen molar-refractivity contribution in [1.82, 2.24) is 10.2 Å². The summed E-state index contributed by atoms with van der Waals surface area (Å²) in [5.41, 5.74) is -1.30. The maximum absolute atomic E-state index is 12.2. The van der Waals surface area contributed by atoms with Gasteiger partial charge in [0, 0.05) is 26.7 Å². The van der Waals surface area contributed by atoms with Gasteiger partial charge in [-0.1, -0.05) is 0 Å². The van der Waals surface area contributed by atoms with Crippen molar-refractivity contribution in [3.05, 3.63) is 0 Å². The number of carboxylic acids is 1. The van der Waals surface area contributed by atoms with Gasteiger partial charge in [0.1, 0.15) is 0 Å². The van der Waals surface area contributed by atoms with Gasteiger partial charge in [0.2, 0.25) is 0 Å². The van der Waals surface area contributed by atoms with E-state index in [9.17, 15) is 14.7 Å². The second-order valence-corrected chi connectivity index (χ2v) is 5.16. The monoisotopic (exact) mass is 272 g/mol. The number of carbonyl (C=O) groups excluding carboxylic acids is 1. The molecule has 2 fully saturated rings. The fourth-order valence-corrected chi connectivity index (χ4v) is 2.56. The number of nitrogens with zero attached hydrogens (tertiary/aromatic N) is 1. The third kappa shape index (κ3) is 2.66. The molecule has 19 heavy (non-hydrogen) atoms. The van der Waals surface area contributed by atoms with Crippen molar-refractivity contribution >= 4 is 12.0 Å². The second kappa shape index (κ2) is 5.34. The van der Waals surface area contributed by atoms with Crippen LogP contribution >= 0.6 is 0 Å². The van der Waals surface area contributed by atoms with Gasteiger partial charge in [-0.2, -0.15) is 0 Å². The number of rotatable bonds is 3. The van der Waals surface area contributed by atoms with Gasteiger partial charge in [-0.3, -0.25) is 0 Å². The first-order chi connectivity index (χ1) is 8.96. The van der Waals surface area contributed by atoms with Crippen molar-refractivity contribution in [2.75, 3.05) is 26.9 Å². The van der Waals surface area contributed by atoms with E-state index in [2.05, 4.69) is 5.32 Å². The minimum atomic E-state index is -1.30. The number of hydrogen-bond acceptors (Lipinski definition) is 4. The van der Waals surface area contributed by atoms with Crippen molar-refractivity contribution in [2.45, 2.75) is 37.5 Å². The number of aliphatic carboxylic acids is 1. The van der Waals surface area contributed by atoms with Gasteiger partial charge >= 0.3 is 12.0 Å². The zero-order valence-corrected chi connectivity index (χ0v) is 11.2. The Morgan fingerprint density at radius 1 is 1.42 bits per heavy atom. The number of hydrogen-bond donors (Lipinski definition) is 2. The molecule has 2 N–H and O–H groups in total. The highest BCUT2D eigenvalue weighted by Crippen LogP contribution is 2.22. The van der Waals surface area contributed by atoms with Crippen LogP contribution in [0.25, 0.3) is 0 Å². The Morgan fingerprint density at radius 3 is 2.63 bits per heavy atom. The minimum absolute atomic E-state index is 0.0125. The summed E-state index contributed by atoms with van der Waals surface area (Å²) >= 11 is 0. The van der Waals surface area contributed by atoms with Crippen molar-refractivity contribution < 1.29 is 24.2 Å². The van der Waals surface area contributed by atoms with Gasteiger partial charge in [0.25, 0.3) is 0 Å². The maximum Gasteiger partial charge on any atom is 0.332 e. The van der Waals surface area contributed by atoms with E-state index in [0.29, 0.717) is 19.6 Å². The molecule has 0 aliphatic carbocycles. The Morgan fingerprint density at radius 2 is 2.16 bits per heavy atom. The molecular weight excluding hydrogens is 252 g/mol. The fraction of sp³-hybridized carbons (Fsp3) is 0.833. The first kappa shape index (κ1) is 14.1. The van der Waals surface area contributed by atoms with E-state index in [1.54, 1.807) is 7.05 Å². The molecule has 0 saturated carbocycles. The van der Waals surface area contributed by atoms with Gasteiger partial charge in [-0.15, -0.1) is 0 Å². The summed E-state index contributed by atoms with van der Waals surface area (Å²) in [5, 5.41) is 11.9.